The van der Waals surface area contributed by atoms with Crippen LogP contribution in [0.1, 0.15) is 19.3 Å². The molecule has 0 saturated carbocycles. The van der Waals surface area contributed by atoms with E-state index in [0.717, 1.165) is 38.5 Å². The van der Waals surface area contributed by atoms with Gasteiger partial charge in [0.05, 0.1) is 6.04 Å². The standard InChI is InChI=1S/C12H23N3O/c1-14-8-5-11(12(14)16)15(2)9-10-3-6-13-7-4-10/h10-11,13H,3-9H2,1-2H3. The number of amides is 1. The highest BCUT2D eigenvalue weighted by Gasteiger charge is 2.32. The molecule has 0 radical (unpaired) electrons. The van der Waals surface area contributed by atoms with Crippen LogP contribution in [0.5, 0.6) is 0 Å². The van der Waals surface area contributed by atoms with Gasteiger partial charge in [0.1, 0.15) is 0 Å². The van der Waals surface area contributed by atoms with E-state index in [1.165, 1.54) is 12.8 Å². The van der Waals surface area contributed by atoms with Crippen LogP contribution in [-0.2, 0) is 4.79 Å². The fraction of sp³-hybridized carbons (Fsp3) is 0.917. The van der Waals surface area contributed by atoms with Crippen molar-refractivity contribution in [3.05, 3.63) is 0 Å². The molecule has 1 atom stereocenters. The van der Waals surface area contributed by atoms with Crippen LogP contribution in [0.3, 0.4) is 0 Å². The number of hydrogen-bond acceptors (Lipinski definition) is 3. The minimum atomic E-state index is 0.139. The molecule has 0 aromatic heterocycles. The largest absolute Gasteiger partial charge is 0.344 e. The molecule has 0 aromatic rings. The Morgan fingerprint density at radius 1 is 1.38 bits per heavy atom. The third kappa shape index (κ3) is 2.55. The first kappa shape index (κ1) is 11.9. The van der Waals surface area contributed by atoms with Crippen molar-refractivity contribution in [3.63, 3.8) is 0 Å². The molecule has 0 aromatic carbocycles. The van der Waals surface area contributed by atoms with Gasteiger partial charge in [-0.2, -0.15) is 0 Å². The van der Waals surface area contributed by atoms with E-state index in [1.54, 1.807) is 0 Å². The second-order valence-electron chi connectivity index (χ2n) is 5.20. The van der Waals surface area contributed by atoms with Crippen LogP contribution in [0.4, 0.5) is 0 Å². The first-order chi connectivity index (χ1) is 7.68. The predicted octanol–water partition coefficient (Wildman–Crippen LogP) is 0.149. The zero-order valence-corrected chi connectivity index (χ0v) is 10.4. The lowest BCUT2D eigenvalue weighted by Gasteiger charge is -2.30. The van der Waals surface area contributed by atoms with Gasteiger partial charge in [0.25, 0.3) is 0 Å². The lowest BCUT2D eigenvalue weighted by Crippen LogP contribution is -2.42. The van der Waals surface area contributed by atoms with Crippen molar-refractivity contribution in [2.45, 2.75) is 25.3 Å². The van der Waals surface area contributed by atoms with Crippen molar-refractivity contribution >= 4 is 5.91 Å². The van der Waals surface area contributed by atoms with Gasteiger partial charge in [0.15, 0.2) is 0 Å². The van der Waals surface area contributed by atoms with Gasteiger partial charge in [-0.3, -0.25) is 9.69 Å². The Bertz CT molecular complexity index is 251. The number of piperidine rings is 1. The van der Waals surface area contributed by atoms with Gasteiger partial charge in [0.2, 0.25) is 5.91 Å². The lowest BCUT2D eigenvalue weighted by atomic mass is 9.97. The second kappa shape index (κ2) is 5.15. The zero-order chi connectivity index (χ0) is 11.5. The summed E-state index contributed by atoms with van der Waals surface area (Å²) >= 11 is 0. The Morgan fingerprint density at radius 3 is 2.62 bits per heavy atom. The number of carbonyl (C=O) groups is 1. The highest BCUT2D eigenvalue weighted by atomic mass is 16.2. The number of hydrogen-bond donors (Lipinski definition) is 1. The Labute approximate surface area is 98.0 Å². The molecule has 4 nitrogen and oxygen atoms in total. The molecule has 1 unspecified atom stereocenters. The summed E-state index contributed by atoms with van der Waals surface area (Å²) < 4.78 is 0. The molecule has 16 heavy (non-hydrogen) atoms. The fourth-order valence-corrected chi connectivity index (χ4v) is 2.81. The molecule has 0 aliphatic carbocycles. The minimum absolute atomic E-state index is 0.139. The van der Waals surface area contributed by atoms with E-state index in [1.807, 2.05) is 11.9 Å². The van der Waals surface area contributed by atoms with Crippen molar-refractivity contribution in [2.24, 2.45) is 5.92 Å². The first-order valence-corrected chi connectivity index (χ1v) is 6.34. The number of likely N-dealkylation sites (N-methyl/N-ethyl adjacent to an activating group) is 2. The Morgan fingerprint density at radius 2 is 2.06 bits per heavy atom. The summed E-state index contributed by atoms with van der Waals surface area (Å²) in [6.45, 7) is 4.26. The van der Waals surface area contributed by atoms with Crippen LogP contribution in [0.25, 0.3) is 0 Å². The number of nitrogens with one attached hydrogen (secondary N) is 1. The summed E-state index contributed by atoms with van der Waals surface area (Å²) in [6.07, 6.45) is 3.50. The van der Waals surface area contributed by atoms with E-state index in [9.17, 15) is 4.79 Å². The van der Waals surface area contributed by atoms with Crippen LogP contribution >= 0.6 is 0 Å². The first-order valence-electron chi connectivity index (χ1n) is 6.34. The summed E-state index contributed by atoms with van der Waals surface area (Å²) in [5, 5.41) is 3.38. The van der Waals surface area contributed by atoms with Gasteiger partial charge in [-0.05, 0) is 45.3 Å². The molecule has 4 heteroatoms. The summed E-state index contributed by atoms with van der Waals surface area (Å²) in [4.78, 5) is 16.0. The van der Waals surface area contributed by atoms with E-state index >= 15 is 0 Å². The van der Waals surface area contributed by atoms with Gasteiger partial charge in [-0.25, -0.2) is 0 Å². The van der Waals surface area contributed by atoms with Crippen molar-refractivity contribution in [2.75, 3.05) is 40.3 Å². The molecule has 1 N–H and O–H groups in total. The Kier molecular flexibility index (Phi) is 3.82. The van der Waals surface area contributed by atoms with Crippen molar-refractivity contribution in [1.29, 1.82) is 0 Å². The van der Waals surface area contributed by atoms with Crippen molar-refractivity contribution < 1.29 is 4.79 Å². The Balaban J connectivity index is 1.82. The predicted molar refractivity (Wildman–Crippen MR) is 64.3 cm³/mol. The minimum Gasteiger partial charge on any atom is -0.344 e. The van der Waals surface area contributed by atoms with E-state index in [2.05, 4.69) is 17.3 Å². The fourth-order valence-electron chi connectivity index (χ4n) is 2.81. The quantitative estimate of drug-likeness (QED) is 0.742. The van der Waals surface area contributed by atoms with Crippen LogP contribution in [-0.4, -0.2) is 62.0 Å². The molecule has 1 amide bonds. The molecule has 2 saturated heterocycles. The highest BCUT2D eigenvalue weighted by molar-refractivity contribution is 5.83. The topological polar surface area (TPSA) is 35.6 Å². The Hall–Kier alpha value is -0.610. The third-order valence-corrected chi connectivity index (χ3v) is 3.94. The van der Waals surface area contributed by atoms with Crippen LogP contribution in [0.2, 0.25) is 0 Å². The summed E-state index contributed by atoms with van der Waals surface area (Å²) in [6, 6.07) is 0.139. The third-order valence-electron chi connectivity index (χ3n) is 3.94. The van der Waals surface area contributed by atoms with Gasteiger partial charge in [-0.1, -0.05) is 0 Å². The van der Waals surface area contributed by atoms with E-state index in [0.29, 0.717) is 5.91 Å². The van der Waals surface area contributed by atoms with Crippen LogP contribution < -0.4 is 5.32 Å². The second-order valence-corrected chi connectivity index (χ2v) is 5.20. The van der Waals surface area contributed by atoms with E-state index < -0.39 is 0 Å². The van der Waals surface area contributed by atoms with Gasteiger partial charge < -0.3 is 10.2 Å². The van der Waals surface area contributed by atoms with Gasteiger partial charge in [0, 0.05) is 20.1 Å². The maximum absolute atomic E-state index is 11.9. The molecule has 0 spiro atoms. The molecule has 92 valence electrons. The van der Waals surface area contributed by atoms with Gasteiger partial charge >= 0.3 is 0 Å². The molecule has 2 rings (SSSR count). The number of likely N-dealkylation sites (tertiary alicyclic amines) is 1. The smallest absolute Gasteiger partial charge is 0.239 e. The van der Waals surface area contributed by atoms with Crippen LogP contribution in [0, 0.1) is 5.92 Å². The molecular formula is C12H23N3O. The van der Waals surface area contributed by atoms with Crippen molar-refractivity contribution in [3.8, 4) is 0 Å². The normalized spacial score (nSPS) is 28.1. The van der Waals surface area contributed by atoms with Gasteiger partial charge in [-0.15, -0.1) is 0 Å². The van der Waals surface area contributed by atoms with E-state index in [-0.39, 0.29) is 6.04 Å². The SMILES string of the molecule is CN1CCC(N(C)CC2CCNCC2)C1=O. The molecule has 0 bridgehead atoms. The van der Waals surface area contributed by atoms with Crippen LogP contribution in [0.15, 0.2) is 0 Å². The highest BCUT2D eigenvalue weighted by Crippen LogP contribution is 2.19. The molecule has 2 fully saturated rings. The number of rotatable bonds is 3. The lowest BCUT2D eigenvalue weighted by molar-refractivity contribution is -0.130. The maximum Gasteiger partial charge on any atom is 0.239 e. The number of nitrogens with zero attached hydrogens (tertiary/aromatic N) is 2. The molecule has 2 aliphatic rings. The molecule has 2 heterocycles. The summed E-state index contributed by atoms with van der Waals surface area (Å²) in [5.41, 5.74) is 0. The molecular weight excluding hydrogens is 202 g/mol. The zero-order valence-electron chi connectivity index (χ0n) is 10.4. The summed E-state index contributed by atoms with van der Waals surface area (Å²) in [5.74, 6) is 1.07. The van der Waals surface area contributed by atoms with Crippen molar-refractivity contribution in [1.82, 2.24) is 15.1 Å². The number of carbonyl (C=O) groups excluding carboxylic acids is 1. The maximum atomic E-state index is 11.9. The average Bonchev–Trinajstić information content (AvgIpc) is 2.61. The average molecular weight is 225 g/mol. The monoisotopic (exact) mass is 225 g/mol. The summed E-state index contributed by atoms with van der Waals surface area (Å²) in [7, 11) is 4.00. The molecule has 2 aliphatic heterocycles. The van der Waals surface area contributed by atoms with E-state index in [4.69, 9.17) is 0 Å².